The van der Waals surface area contributed by atoms with E-state index in [1.807, 2.05) is 0 Å². The molecule has 80 valence electrons. The van der Waals surface area contributed by atoms with Crippen LogP contribution in [0.4, 0.5) is 0 Å². The van der Waals surface area contributed by atoms with Crippen LogP contribution in [0.5, 0.6) is 0 Å². The van der Waals surface area contributed by atoms with Crippen LogP contribution in [0.1, 0.15) is 47.3 Å². The minimum absolute atomic E-state index is 0.0819. The molecule has 2 atom stereocenters. The maximum absolute atomic E-state index is 11.7. The van der Waals surface area contributed by atoms with Crippen molar-refractivity contribution in [3.05, 3.63) is 35.3 Å². The molecule has 0 aliphatic carbocycles. The summed E-state index contributed by atoms with van der Waals surface area (Å²) >= 11 is 0. The molecular formula is C12H14O3. The minimum atomic E-state index is -0.724. The zero-order valence-corrected chi connectivity index (χ0v) is 8.33. The van der Waals surface area contributed by atoms with E-state index in [-0.39, 0.29) is 29.3 Å². The standard InChI is InChI=1S/C12H14O3/c1-8(13)6-7-11-9-4-2-3-5-10(9)12(14)15-11/h2-5,8,11,13H,6-7H2,1H3/i2D,3D,4D,5D. The van der Waals surface area contributed by atoms with E-state index in [1.165, 1.54) is 0 Å². The lowest BCUT2D eigenvalue weighted by Crippen LogP contribution is -2.05. The van der Waals surface area contributed by atoms with E-state index in [9.17, 15) is 9.90 Å². The van der Waals surface area contributed by atoms with Gasteiger partial charge in [-0.3, -0.25) is 0 Å². The monoisotopic (exact) mass is 210 g/mol. The van der Waals surface area contributed by atoms with Gasteiger partial charge in [-0.2, -0.15) is 0 Å². The van der Waals surface area contributed by atoms with Crippen molar-refractivity contribution < 1.29 is 20.1 Å². The van der Waals surface area contributed by atoms with Crippen molar-refractivity contribution in [1.82, 2.24) is 0 Å². The van der Waals surface area contributed by atoms with Gasteiger partial charge in [0.1, 0.15) is 6.10 Å². The van der Waals surface area contributed by atoms with E-state index in [0.717, 1.165) is 0 Å². The van der Waals surface area contributed by atoms with E-state index in [0.29, 0.717) is 12.8 Å². The highest BCUT2D eigenvalue weighted by Gasteiger charge is 2.30. The van der Waals surface area contributed by atoms with Crippen LogP contribution in [0.15, 0.2) is 24.2 Å². The molecule has 0 bridgehead atoms. The van der Waals surface area contributed by atoms with Gasteiger partial charge in [-0.1, -0.05) is 18.1 Å². The average Bonchev–Trinajstić information content (AvgIpc) is 2.68. The van der Waals surface area contributed by atoms with Crippen LogP contribution in [0, 0.1) is 0 Å². The number of carbonyl (C=O) groups excluding carboxylic acids is 1. The third-order valence-corrected chi connectivity index (χ3v) is 2.34. The predicted molar refractivity (Wildman–Crippen MR) is 55.5 cm³/mol. The summed E-state index contributed by atoms with van der Waals surface area (Å²) in [6.07, 6.45) is -0.546. The van der Waals surface area contributed by atoms with Gasteiger partial charge in [0.05, 0.1) is 17.2 Å². The Morgan fingerprint density at radius 2 is 2.33 bits per heavy atom. The first-order valence-electron chi connectivity index (χ1n) is 6.83. The van der Waals surface area contributed by atoms with Crippen LogP contribution in [0.25, 0.3) is 0 Å². The number of benzene rings is 1. The average molecular weight is 210 g/mol. The van der Waals surface area contributed by atoms with Crippen LogP contribution >= 0.6 is 0 Å². The lowest BCUT2D eigenvalue weighted by molar-refractivity contribution is 0.0333. The van der Waals surface area contributed by atoms with Crippen molar-refractivity contribution in [3.63, 3.8) is 0 Å². The lowest BCUT2D eigenvalue weighted by atomic mass is 10.0. The summed E-state index contributed by atoms with van der Waals surface area (Å²) < 4.78 is 35.8. The van der Waals surface area contributed by atoms with Gasteiger partial charge in [-0.25, -0.2) is 4.79 Å². The van der Waals surface area contributed by atoms with Gasteiger partial charge in [0.25, 0.3) is 0 Å². The van der Waals surface area contributed by atoms with Crippen LogP contribution in [-0.4, -0.2) is 17.2 Å². The Balaban J connectivity index is 2.49. The summed E-state index contributed by atoms with van der Waals surface area (Å²) in [4.78, 5) is 11.7. The fourth-order valence-electron chi connectivity index (χ4n) is 1.57. The summed E-state index contributed by atoms with van der Waals surface area (Å²) in [7, 11) is 0. The highest BCUT2D eigenvalue weighted by Crippen LogP contribution is 2.33. The Kier molecular flexibility index (Phi) is 1.69. The zero-order chi connectivity index (χ0) is 14.3. The molecule has 2 unspecified atom stereocenters. The van der Waals surface area contributed by atoms with Crippen LogP contribution < -0.4 is 0 Å². The van der Waals surface area contributed by atoms with Crippen LogP contribution in [0.2, 0.25) is 0 Å². The quantitative estimate of drug-likeness (QED) is 0.777. The van der Waals surface area contributed by atoms with Crippen molar-refractivity contribution in [2.75, 3.05) is 0 Å². The number of hydrogen-bond donors (Lipinski definition) is 1. The first kappa shape index (κ1) is 6.28. The number of carbonyl (C=O) groups is 1. The van der Waals surface area contributed by atoms with Gasteiger partial charge in [0, 0.05) is 5.56 Å². The summed E-state index contributed by atoms with van der Waals surface area (Å²) in [5, 5.41) is 9.26. The lowest BCUT2D eigenvalue weighted by Gasteiger charge is -2.11. The van der Waals surface area contributed by atoms with Gasteiger partial charge >= 0.3 is 5.97 Å². The molecule has 0 amide bonds. The molecule has 0 saturated carbocycles. The molecule has 0 radical (unpaired) electrons. The van der Waals surface area contributed by atoms with E-state index in [2.05, 4.69) is 0 Å². The van der Waals surface area contributed by atoms with Gasteiger partial charge in [0.15, 0.2) is 0 Å². The molecule has 0 fully saturated rings. The second kappa shape index (κ2) is 4.03. The predicted octanol–water partition coefficient (Wildman–Crippen LogP) is 2.06. The Labute approximate surface area is 94.3 Å². The van der Waals surface area contributed by atoms with Gasteiger partial charge < -0.3 is 9.84 Å². The molecule has 1 aliphatic rings. The maximum atomic E-state index is 11.7. The maximum Gasteiger partial charge on any atom is 0.339 e. The van der Waals surface area contributed by atoms with Crippen molar-refractivity contribution in [2.45, 2.75) is 32.0 Å². The van der Waals surface area contributed by atoms with Crippen LogP contribution in [-0.2, 0) is 4.74 Å². The number of esters is 1. The highest BCUT2D eigenvalue weighted by molar-refractivity contribution is 5.93. The number of aliphatic hydroxyl groups is 1. The second-order valence-electron chi connectivity index (χ2n) is 3.61. The summed E-state index contributed by atoms with van der Waals surface area (Å²) in [5.74, 6) is -0.724. The smallest absolute Gasteiger partial charge is 0.339 e. The zero-order valence-electron chi connectivity index (χ0n) is 12.3. The number of rotatable bonds is 3. The first-order valence-corrected chi connectivity index (χ1v) is 4.83. The third kappa shape index (κ3) is 2.02. The molecule has 3 nitrogen and oxygen atoms in total. The van der Waals surface area contributed by atoms with Crippen molar-refractivity contribution in [3.8, 4) is 0 Å². The number of cyclic esters (lactones) is 1. The third-order valence-electron chi connectivity index (χ3n) is 2.34. The molecule has 15 heavy (non-hydrogen) atoms. The molecule has 3 heteroatoms. The molecule has 2 rings (SSSR count). The van der Waals surface area contributed by atoms with Crippen molar-refractivity contribution in [2.24, 2.45) is 0 Å². The Morgan fingerprint density at radius 3 is 3.07 bits per heavy atom. The van der Waals surface area contributed by atoms with Gasteiger partial charge in [-0.15, -0.1) is 0 Å². The molecule has 1 aromatic rings. The van der Waals surface area contributed by atoms with E-state index in [4.69, 9.17) is 10.2 Å². The van der Waals surface area contributed by atoms with E-state index < -0.39 is 24.2 Å². The highest BCUT2D eigenvalue weighted by atomic mass is 16.5. The summed E-state index contributed by atoms with van der Waals surface area (Å²) in [5.41, 5.74) is 0.123. The van der Waals surface area contributed by atoms with Crippen LogP contribution in [0.3, 0.4) is 0 Å². The van der Waals surface area contributed by atoms with Gasteiger partial charge in [0.2, 0.25) is 0 Å². The second-order valence-corrected chi connectivity index (χ2v) is 3.61. The summed E-state index contributed by atoms with van der Waals surface area (Å²) in [6, 6.07) is -1.40. The minimum Gasteiger partial charge on any atom is -0.454 e. The fourth-order valence-corrected chi connectivity index (χ4v) is 1.57. The molecule has 1 aromatic carbocycles. The largest absolute Gasteiger partial charge is 0.454 e. The number of fused-ring (bicyclic) bond motifs is 1. The topological polar surface area (TPSA) is 46.5 Å². The van der Waals surface area contributed by atoms with Crippen molar-refractivity contribution >= 4 is 5.97 Å². The normalized spacial score (nSPS) is 24.7. The number of ether oxygens (including phenoxy) is 1. The fraction of sp³-hybridized carbons (Fsp3) is 0.417. The molecule has 0 aromatic heterocycles. The Bertz CT molecular complexity index is 543. The molecule has 1 aliphatic heterocycles. The molecule has 0 spiro atoms. The Hall–Kier alpha value is -1.35. The van der Waals surface area contributed by atoms with E-state index >= 15 is 0 Å². The summed E-state index contributed by atoms with van der Waals surface area (Å²) in [6.45, 7) is 1.61. The number of aliphatic hydroxyl groups excluding tert-OH is 1. The number of hydrogen-bond acceptors (Lipinski definition) is 3. The molecule has 1 heterocycles. The molecule has 1 N–H and O–H groups in total. The SMILES string of the molecule is [2H]c1c([2H])c([2H])c2c(c1[2H])C(=O)OC2CCC(C)O. The molecular weight excluding hydrogens is 192 g/mol. The van der Waals surface area contributed by atoms with E-state index in [1.54, 1.807) is 6.92 Å². The van der Waals surface area contributed by atoms with Gasteiger partial charge in [-0.05, 0) is 25.8 Å². The molecule has 0 saturated heterocycles. The first-order chi connectivity index (χ1) is 8.84. The van der Waals surface area contributed by atoms with Crippen molar-refractivity contribution in [1.29, 1.82) is 0 Å². The Morgan fingerprint density at radius 1 is 1.60 bits per heavy atom.